The molecule has 0 heterocycles. The summed E-state index contributed by atoms with van der Waals surface area (Å²) in [6, 6.07) is 28.3. The Hall–Kier alpha value is -3.54. The molecule has 0 radical (unpaired) electrons. The molecule has 0 bridgehead atoms. The fraction of sp³-hybridized carbons (Fsp3) is 0.0800. The van der Waals surface area contributed by atoms with Crippen LogP contribution in [0.5, 0.6) is 0 Å². The van der Waals surface area contributed by atoms with Gasteiger partial charge in [0.1, 0.15) is 0 Å². The van der Waals surface area contributed by atoms with Gasteiger partial charge in [-0.2, -0.15) is 0 Å². The minimum absolute atomic E-state index is 0.607. The van der Waals surface area contributed by atoms with Gasteiger partial charge in [-0.25, -0.2) is 9.46 Å². The zero-order valence-corrected chi connectivity index (χ0v) is 17.8. The molecule has 0 aliphatic heterocycles. The Morgan fingerprint density at radius 3 is 1.73 bits per heavy atom. The average Bonchev–Trinajstić information content (AvgIpc) is 2.82. The van der Waals surface area contributed by atoms with Gasteiger partial charge in [0.15, 0.2) is 0 Å². The molecule has 5 heteroatoms. The number of carbonyl (C=O) groups is 2. The smallest absolute Gasteiger partial charge is 0.420 e. The minimum atomic E-state index is -2.76. The minimum Gasteiger partial charge on any atom is -0.452 e. The molecule has 0 atom stereocenters. The molecule has 30 heavy (non-hydrogen) atoms. The molecule has 0 spiro atoms. The Labute approximate surface area is 177 Å². The van der Waals surface area contributed by atoms with Crippen molar-refractivity contribution in [2.45, 2.75) is 6.92 Å². The monoisotopic (exact) mass is 415 g/mol. The second-order valence-electron chi connectivity index (χ2n) is 6.32. The number of rotatable bonds is 3. The number of benzene rings is 3. The topological polar surface area (TPSA) is 46.6 Å². The Bertz CT molecular complexity index is 1090. The van der Waals surface area contributed by atoms with Crippen LogP contribution in [-0.2, 0) is 9.53 Å². The summed E-state index contributed by atoms with van der Waals surface area (Å²) in [4.78, 5) is 26.3. The van der Waals surface area contributed by atoms with E-state index in [9.17, 15) is 9.59 Å². The zero-order chi connectivity index (χ0) is 21.4. The average molecular weight is 415 g/mol. The molecule has 0 aromatic heterocycles. The molecular formula is C25H22NO3P. The predicted molar refractivity (Wildman–Crippen MR) is 123 cm³/mol. The van der Waals surface area contributed by atoms with Gasteiger partial charge in [0.05, 0.1) is 7.11 Å². The molecule has 0 N–H and O–H groups in total. The first-order valence-electron chi connectivity index (χ1n) is 9.43. The van der Waals surface area contributed by atoms with Crippen LogP contribution in [0.25, 0.3) is 0 Å². The van der Waals surface area contributed by atoms with Crippen LogP contribution in [0.2, 0.25) is 0 Å². The van der Waals surface area contributed by atoms with E-state index < -0.39 is 19.0 Å². The number of nitrogens with zero attached hydrogens (tertiary/aromatic N) is 1. The first-order valence-corrected chi connectivity index (χ1v) is 11.2. The van der Waals surface area contributed by atoms with Crippen LogP contribution in [0.1, 0.15) is 12.5 Å². The van der Waals surface area contributed by atoms with Crippen molar-refractivity contribution in [3.63, 3.8) is 0 Å². The standard InChI is InChI=1S/C25H22NO3P/c1-3-30(22-15-9-5-10-16-22,23-17-11-6-12-18-23)26(25(28)29-2)24(27)20-19-21-13-7-4-8-14-21/h3-18H,1-2H3. The third-order valence-corrected chi connectivity index (χ3v) is 8.51. The summed E-state index contributed by atoms with van der Waals surface area (Å²) in [5.74, 6) is 6.82. The van der Waals surface area contributed by atoms with Crippen LogP contribution in [0, 0.1) is 11.8 Å². The van der Waals surface area contributed by atoms with Gasteiger partial charge in [-0.1, -0.05) is 90.6 Å². The summed E-state index contributed by atoms with van der Waals surface area (Å²) in [6.07, 6.45) is -0.735. The normalized spacial score (nSPS) is 10.3. The maximum absolute atomic E-state index is 13.3. The van der Waals surface area contributed by atoms with E-state index in [4.69, 9.17) is 4.74 Å². The highest BCUT2D eigenvalue weighted by Gasteiger charge is 2.37. The Balaban J connectivity index is 2.23. The molecule has 0 aliphatic carbocycles. The SMILES string of the molecule is CC=P(c1ccccc1)(c1ccccc1)N(C(=O)C#Cc1ccccc1)C(=O)OC. The van der Waals surface area contributed by atoms with Crippen LogP contribution in [0.3, 0.4) is 0 Å². The Morgan fingerprint density at radius 2 is 1.30 bits per heavy atom. The number of amides is 2. The molecule has 2 amide bonds. The van der Waals surface area contributed by atoms with Crippen molar-refractivity contribution in [1.29, 1.82) is 0 Å². The molecule has 0 saturated carbocycles. The largest absolute Gasteiger partial charge is 0.452 e. The lowest BCUT2D eigenvalue weighted by molar-refractivity contribution is -0.119. The molecule has 0 saturated heterocycles. The summed E-state index contributed by atoms with van der Waals surface area (Å²) >= 11 is 0. The van der Waals surface area contributed by atoms with Crippen LogP contribution < -0.4 is 10.6 Å². The van der Waals surface area contributed by atoms with Gasteiger partial charge >= 0.3 is 12.0 Å². The van der Waals surface area contributed by atoms with E-state index >= 15 is 0 Å². The Kier molecular flexibility index (Phi) is 6.91. The van der Waals surface area contributed by atoms with Crippen LogP contribution in [0.15, 0.2) is 91.0 Å². The quantitative estimate of drug-likeness (QED) is 0.479. The summed E-state index contributed by atoms with van der Waals surface area (Å²) in [6.45, 7) is 1.86. The number of methoxy groups -OCH3 is 1. The predicted octanol–water partition coefficient (Wildman–Crippen LogP) is 4.04. The molecule has 3 rings (SSSR count). The van der Waals surface area contributed by atoms with E-state index in [-0.39, 0.29) is 0 Å². The third kappa shape index (κ3) is 4.22. The van der Waals surface area contributed by atoms with Gasteiger partial charge in [0.25, 0.3) is 0 Å². The van der Waals surface area contributed by atoms with Crippen molar-refractivity contribution in [2.75, 3.05) is 7.11 Å². The van der Waals surface area contributed by atoms with Crippen molar-refractivity contribution >= 4 is 35.4 Å². The maximum atomic E-state index is 13.3. The Morgan fingerprint density at radius 1 is 0.833 bits per heavy atom. The van der Waals surface area contributed by atoms with Crippen molar-refractivity contribution in [3.05, 3.63) is 96.6 Å². The van der Waals surface area contributed by atoms with Crippen molar-refractivity contribution in [1.82, 2.24) is 4.67 Å². The van der Waals surface area contributed by atoms with Crippen LogP contribution in [-0.4, -0.2) is 29.6 Å². The van der Waals surface area contributed by atoms with Gasteiger partial charge in [0, 0.05) is 18.5 Å². The highest BCUT2D eigenvalue weighted by Crippen LogP contribution is 2.49. The number of hydrogen-bond donors (Lipinski definition) is 0. The van der Waals surface area contributed by atoms with Gasteiger partial charge in [-0.3, -0.25) is 4.79 Å². The van der Waals surface area contributed by atoms with E-state index in [0.29, 0.717) is 5.56 Å². The van der Waals surface area contributed by atoms with Crippen LogP contribution >= 0.6 is 7.04 Å². The summed E-state index contributed by atoms with van der Waals surface area (Å²) < 4.78 is 6.23. The lowest BCUT2D eigenvalue weighted by atomic mass is 10.2. The van der Waals surface area contributed by atoms with Gasteiger partial charge in [-0.05, 0) is 29.7 Å². The number of hydrogen-bond acceptors (Lipinski definition) is 3. The van der Waals surface area contributed by atoms with Crippen molar-refractivity contribution in [3.8, 4) is 11.8 Å². The summed E-state index contributed by atoms with van der Waals surface area (Å²) in [7, 11) is -1.49. The molecule has 3 aromatic carbocycles. The summed E-state index contributed by atoms with van der Waals surface area (Å²) in [5, 5.41) is 1.72. The first-order chi connectivity index (χ1) is 14.6. The van der Waals surface area contributed by atoms with Gasteiger partial charge in [0.2, 0.25) is 0 Å². The van der Waals surface area contributed by atoms with Crippen LogP contribution in [0.4, 0.5) is 4.79 Å². The molecule has 0 fully saturated rings. The zero-order valence-electron chi connectivity index (χ0n) is 16.9. The molecule has 0 aliphatic rings. The third-order valence-electron chi connectivity index (χ3n) is 4.62. The molecule has 150 valence electrons. The van der Waals surface area contributed by atoms with Gasteiger partial charge < -0.3 is 4.74 Å². The fourth-order valence-electron chi connectivity index (χ4n) is 3.25. The number of carbonyl (C=O) groups excluding carboxylic acids is 2. The van der Waals surface area contributed by atoms with E-state index in [1.165, 1.54) is 11.8 Å². The van der Waals surface area contributed by atoms with E-state index in [0.717, 1.165) is 10.6 Å². The number of imide groups is 1. The molecule has 3 aromatic rings. The number of ether oxygens (including phenoxy) is 1. The highest BCUT2D eigenvalue weighted by atomic mass is 31.2. The van der Waals surface area contributed by atoms with E-state index in [2.05, 4.69) is 11.8 Å². The second-order valence-corrected chi connectivity index (χ2v) is 9.64. The molecular weight excluding hydrogens is 393 g/mol. The molecule has 0 unspecified atom stereocenters. The van der Waals surface area contributed by atoms with E-state index in [1.54, 1.807) is 0 Å². The lowest BCUT2D eigenvalue weighted by Crippen LogP contribution is -2.41. The summed E-state index contributed by atoms with van der Waals surface area (Å²) in [5.41, 5.74) is 0.694. The van der Waals surface area contributed by atoms with Crippen molar-refractivity contribution < 1.29 is 14.3 Å². The highest BCUT2D eigenvalue weighted by molar-refractivity contribution is 7.87. The maximum Gasteiger partial charge on any atom is 0.420 e. The van der Waals surface area contributed by atoms with Gasteiger partial charge in [-0.15, -0.1) is 0 Å². The fourth-order valence-corrected chi connectivity index (χ4v) is 6.76. The van der Waals surface area contributed by atoms with E-state index in [1.807, 2.05) is 104 Å². The molecule has 4 nitrogen and oxygen atoms in total. The lowest BCUT2D eigenvalue weighted by Gasteiger charge is -2.35. The van der Waals surface area contributed by atoms with Crippen molar-refractivity contribution in [2.24, 2.45) is 0 Å². The first kappa shape index (κ1) is 21.2. The second kappa shape index (κ2) is 9.78.